The molecule has 0 amide bonds. The molecule has 1 aromatic rings. The molecule has 0 atom stereocenters. The lowest BCUT2D eigenvalue weighted by Gasteiger charge is -2.10. The van der Waals surface area contributed by atoms with Crippen LogP contribution in [0.1, 0.15) is 12.5 Å². The van der Waals surface area contributed by atoms with Gasteiger partial charge in [-0.25, -0.2) is 17.5 Å². The minimum Gasteiger partial charge on any atom is -0.316 e. The monoisotopic (exact) mass is 246 g/mol. The highest BCUT2D eigenvalue weighted by Crippen LogP contribution is 2.17. The van der Waals surface area contributed by atoms with Crippen molar-refractivity contribution in [3.63, 3.8) is 0 Å². The van der Waals surface area contributed by atoms with E-state index in [0.717, 1.165) is 6.07 Å². The Kier molecular flexibility index (Phi) is 4.40. The predicted molar refractivity (Wildman–Crippen MR) is 60.0 cm³/mol. The Balaban J connectivity index is 3.24. The smallest absolute Gasteiger partial charge is 0.240 e. The third-order valence-corrected chi connectivity index (χ3v) is 3.65. The summed E-state index contributed by atoms with van der Waals surface area (Å²) in [5.74, 6) is -0.559. The largest absolute Gasteiger partial charge is 0.316 e. The van der Waals surface area contributed by atoms with Gasteiger partial charge in [0.25, 0.3) is 0 Å². The first-order valence-electron chi connectivity index (χ1n) is 4.94. The first-order valence-corrected chi connectivity index (χ1v) is 6.42. The molecule has 90 valence electrons. The van der Waals surface area contributed by atoms with E-state index in [-0.39, 0.29) is 11.4 Å². The molecule has 0 aliphatic carbocycles. The van der Waals surface area contributed by atoms with Crippen LogP contribution in [-0.2, 0) is 16.6 Å². The fraction of sp³-hybridized carbons (Fsp3) is 0.400. The number of sulfonamides is 1. The van der Waals surface area contributed by atoms with Gasteiger partial charge in [-0.2, -0.15) is 0 Å². The Morgan fingerprint density at radius 2 is 2.06 bits per heavy atom. The van der Waals surface area contributed by atoms with E-state index < -0.39 is 15.8 Å². The van der Waals surface area contributed by atoms with Crippen LogP contribution in [0.3, 0.4) is 0 Å². The molecular weight excluding hydrogens is 231 g/mol. The van der Waals surface area contributed by atoms with Gasteiger partial charge in [0.15, 0.2) is 0 Å². The molecule has 1 rings (SSSR count). The summed E-state index contributed by atoms with van der Waals surface area (Å²) in [7, 11) is -1.91. The molecule has 0 aliphatic rings. The van der Waals surface area contributed by atoms with E-state index >= 15 is 0 Å². The summed E-state index contributed by atoms with van der Waals surface area (Å²) in [5, 5.41) is 2.84. The van der Waals surface area contributed by atoms with E-state index in [4.69, 9.17) is 0 Å². The Bertz CT molecular complexity index is 460. The van der Waals surface area contributed by atoms with E-state index in [1.165, 1.54) is 12.1 Å². The van der Waals surface area contributed by atoms with Crippen LogP contribution in [-0.4, -0.2) is 22.0 Å². The van der Waals surface area contributed by atoms with Gasteiger partial charge in [-0.05, 0) is 24.7 Å². The lowest BCUT2D eigenvalue weighted by Crippen LogP contribution is -2.25. The van der Waals surface area contributed by atoms with Gasteiger partial charge in [-0.3, -0.25) is 0 Å². The highest BCUT2D eigenvalue weighted by atomic mass is 32.2. The van der Waals surface area contributed by atoms with Crippen molar-refractivity contribution in [3.05, 3.63) is 29.6 Å². The molecule has 0 saturated carbocycles. The molecule has 4 nitrogen and oxygen atoms in total. The second-order valence-corrected chi connectivity index (χ2v) is 5.02. The first kappa shape index (κ1) is 13.1. The zero-order valence-electron chi connectivity index (χ0n) is 9.25. The normalized spacial score (nSPS) is 11.7. The van der Waals surface area contributed by atoms with Crippen molar-refractivity contribution in [2.45, 2.75) is 18.4 Å². The van der Waals surface area contributed by atoms with E-state index in [1.54, 1.807) is 14.0 Å². The molecule has 0 bridgehead atoms. The first-order chi connectivity index (χ1) is 7.51. The van der Waals surface area contributed by atoms with Crippen LogP contribution in [0, 0.1) is 5.82 Å². The quantitative estimate of drug-likeness (QED) is 0.809. The van der Waals surface area contributed by atoms with E-state index in [0.29, 0.717) is 12.1 Å². The molecule has 0 heterocycles. The van der Waals surface area contributed by atoms with Crippen LogP contribution in [0.4, 0.5) is 4.39 Å². The van der Waals surface area contributed by atoms with Crippen LogP contribution >= 0.6 is 0 Å². The molecule has 0 unspecified atom stereocenters. The summed E-state index contributed by atoms with van der Waals surface area (Å²) >= 11 is 0. The van der Waals surface area contributed by atoms with Gasteiger partial charge in [-0.15, -0.1) is 0 Å². The summed E-state index contributed by atoms with van der Waals surface area (Å²) in [4.78, 5) is -0.0105. The Morgan fingerprint density at radius 3 is 2.62 bits per heavy atom. The van der Waals surface area contributed by atoms with Gasteiger partial charge in [0.1, 0.15) is 5.82 Å². The van der Waals surface area contributed by atoms with Crippen LogP contribution in [0.15, 0.2) is 23.1 Å². The number of halogens is 1. The van der Waals surface area contributed by atoms with Gasteiger partial charge in [0.05, 0.1) is 4.90 Å². The summed E-state index contributed by atoms with van der Waals surface area (Å²) in [5.41, 5.74) is 0.546. The van der Waals surface area contributed by atoms with Crippen molar-refractivity contribution >= 4 is 10.0 Å². The third-order valence-electron chi connectivity index (χ3n) is 2.02. The Hall–Kier alpha value is -0.980. The topological polar surface area (TPSA) is 58.2 Å². The summed E-state index contributed by atoms with van der Waals surface area (Å²) in [6, 6.07) is 3.75. The molecule has 2 N–H and O–H groups in total. The average Bonchev–Trinajstić information content (AvgIpc) is 2.21. The third kappa shape index (κ3) is 3.01. The molecule has 0 radical (unpaired) electrons. The van der Waals surface area contributed by atoms with Crippen molar-refractivity contribution in [2.24, 2.45) is 0 Å². The molecule has 6 heteroatoms. The number of hydrogen-bond donors (Lipinski definition) is 2. The molecule has 0 aromatic heterocycles. The van der Waals surface area contributed by atoms with Gasteiger partial charge >= 0.3 is 0 Å². The fourth-order valence-electron chi connectivity index (χ4n) is 1.38. The zero-order valence-corrected chi connectivity index (χ0v) is 10.1. The van der Waals surface area contributed by atoms with Gasteiger partial charge < -0.3 is 5.32 Å². The van der Waals surface area contributed by atoms with Crippen molar-refractivity contribution in [2.75, 3.05) is 13.6 Å². The van der Waals surface area contributed by atoms with E-state index in [9.17, 15) is 12.8 Å². The maximum Gasteiger partial charge on any atom is 0.240 e. The Morgan fingerprint density at radius 1 is 1.38 bits per heavy atom. The van der Waals surface area contributed by atoms with Gasteiger partial charge in [-0.1, -0.05) is 13.0 Å². The standard InChI is InChI=1S/C10H15FN2O2S/c1-3-13-16(14,15)10-6-9(11)5-4-8(10)7-12-2/h4-6,12-13H,3,7H2,1-2H3. The number of benzene rings is 1. The number of rotatable bonds is 5. The van der Waals surface area contributed by atoms with Crippen molar-refractivity contribution in [1.29, 1.82) is 0 Å². The second kappa shape index (κ2) is 5.38. The lowest BCUT2D eigenvalue weighted by molar-refractivity contribution is 0.577. The van der Waals surface area contributed by atoms with Crippen molar-refractivity contribution in [3.8, 4) is 0 Å². The predicted octanol–water partition coefficient (Wildman–Crippen LogP) is 0.843. The van der Waals surface area contributed by atoms with Crippen LogP contribution < -0.4 is 10.0 Å². The van der Waals surface area contributed by atoms with E-state index in [2.05, 4.69) is 10.0 Å². The van der Waals surface area contributed by atoms with Crippen molar-refractivity contribution in [1.82, 2.24) is 10.0 Å². The molecule has 1 aromatic carbocycles. The SMILES string of the molecule is CCNS(=O)(=O)c1cc(F)ccc1CNC. The van der Waals surface area contributed by atoms with Crippen LogP contribution in [0.5, 0.6) is 0 Å². The van der Waals surface area contributed by atoms with E-state index in [1.807, 2.05) is 0 Å². The van der Waals surface area contributed by atoms with Gasteiger partial charge in [0.2, 0.25) is 10.0 Å². The highest BCUT2D eigenvalue weighted by molar-refractivity contribution is 7.89. The molecular formula is C10H15FN2O2S. The van der Waals surface area contributed by atoms with Crippen LogP contribution in [0.25, 0.3) is 0 Å². The number of nitrogens with one attached hydrogen (secondary N) is 2. The zero-order chi connectivity index (χ0) is 12.2. The van der Waals surface area contributed by atoms with Crippen LogP contribution in [0.2, 0.25) is 0 Å². The molecule has 0 fully saturated rings. The molecule has 16 heavy (non-hydrogen) atoms. The molecule has 0 aliphatic heterocycles. The van der Waals surface area contributed by atoms with Crippen molar-refractivity contribution < 1.29 is 12.8 Å². The fourth-order valence-corrected chi connectivity index (χ4v) is 2.67. The number of hydrogen-bond acceptors (Lipinski definition) is 3. The summed E-state index contributed by atoms with van der Waals surface area (Å²) in [6.07, 6.45) is 0. The summed E-state index contributed by atoms with van der Waals surface area (Å²) < 4.78 is 38.9. The molecule has 0 spiro atoms. The maximum atomic E-state index is 13.0. The lowest BCUT2D eigenvalue weighted by atomic mass is 10.2. The maximum absolute atomic E-state index is 13.0. The minimum absolute atomic E-state index is 0.0105. The summed E-state index contributed by atoms with van der Waals surface area (Å²) in [6.45, 7) is 2.33. The second-order valence-electron chi connectivity index (χ2n) is 3.28. The highest BCUT2D eigenvalue weighted by Gasteiger charge is 2.17. The van der Waals surface area contributed by atoms with Gasteiger partial charge in [0, 0.05) is 13.1 Å². The Labute approximate surface area is 94.9 Å². The average molecular weight is 246 g/mol. The minimum atomic E-state index is -3.62. The molecule has 0 saturated heterocycles.